The van der Waals surface area contributed by atoms with E-state index in [0.29, 0.717) is 12.3 Å². The van der Waals surface area contributed by atoms with Crippen LogP contribution in [-0.4, -0.2) is 23.9 Å². The zero-order valence-corrected chi connectivity index (χ0v) is 13.9. The third-order valence-electron chi connectivity index (χ3n) is 2.80. The van der Waals surface area contributed by atoms with Gasteiger partial charge in [0, 0.05) is 21.7 Å². The highest BCUT2D eigenvalue weighted by atomic mass is 127. The number of hydrogen-bond donors (Lipinski definition) is 0. The number of halogens is 1. The Morgan fingerprint density at radius 1 is 1.19 bits per heavy atom. The van der Waals surface area contributed by atoms with Gasteiger partial charge in [-0.25, -0.2) is 0 Å². The highest BCUT2D eigenvalue weighted by molar-refractivity contribution is 14.1. The fourth-order valence-corrected chi connectivity index (χ4v) is 2.39. The van der Waals surface area contributed by atoms with Crippen molar-refractivity contribution in [3.63, 3.8) is 0 Å². The van der Waals surface area contributed by atoms with Crippen LogP contribution in [0.15, 0.2) is 42.5 Å². The van der Waals surface area contributed by atoms with E-state index in [1.807, 2.05) is 65.9 Å². The van der Waals surface area contributed by atoms with E-state index in [4.69, 9.17) is 4.74 Å². The predicted octanol–water partition coefficient (Wildman–Crippen LogP) is 4.05. The average molecular weight is 398 g/mol. The Bertz CT molecular complexity index is 659. The summed E-state index contributed by atoms with van der Waals surface area (Å²) < 4.78 is 6.59. The Morgan fingerprint density at radius 2 is 1.90 bits per heavy atom. The number of nitrogens with zero attached hydrogens (tertiary/aromatic N) is 2. The molecule has 2 rings (SSSR count). The number of hydrogen-bond acceptors (Lipinski definition) is 4. The molecule has 6 heteroatoms. The Kier molecular flexibility index (Phi) is 5.13. The lowest BCUT2D eigenvalue weighted by atomic mass is 10.2. The standard InChI is InChI=1S/C15H15IN2O3/c1-17(2)10-11-5-3-4-6-14(11)21-15-8-7-12(16)9-13(15)18(19)20/h3-9H,10H2,1-2H3. The zero-order chi connectivity index (χ0) is 15.4. The van der Waals surface area contributed by atoms with Crippen molar-refractivity contribution in [2.45, 2.75) is 6.54 Å². The van der Waals surface area contributed by atoms with Gasteiger partial charge in [0.25, 0.3) is 0 Å². The molecule has 0 aromatic heterocycles. The third kappa shape index (κ3) is 4.15. The van der Waals surface area contributed by atoms with Gasteiger partial charge in [-0.05, 0) is 54.9 Å². The molecule has 0 saturated heterocycles. The highest BCUT2D eigenvalue weighted by Crippen LogP contribution is 2.34. The summed E-state index contributed by atoms with van der Waals surface area (Å²) in [7, 11) is 3.92. The fourth-order valence-electron chi connectivity index (χ4n) is 1.91. The minimum atomic E-state index is -0.425. The fraction of sp³-hybridized carbons (Fsp3) is 0.200. The first-order chi connectivity index (χ1) is 9.97. The Balaban J connectivity index is 2.37. The van der Waals surface area contributed by atoms with Crippen LogP contribution in [0.3, 0.4) is 0 Å². The molecular formula is C15H15IN2O3. The highest BCUT2D eigenvalue weighted by Gasteiger charge is 2.17. The summed E-state index contributed by atoms with van der Waals surface area (Å²) in [6.07, 6.45) is 0. The lowest BCUT2D eigenvalue weighted by Gasteiger charge is -2.14. The molecule has 0 fully saturated rings. The summed E-state index contributed by atoms with van der Waals surface area (Å²) in [5.74, 6) is 0.891. The van der Waals surface area contributed by atoms with Crippen molar-refractivity contribution in [2.24, 2.45) is 0 Å². The molecule has 0 saturated carbocycles. The molecule has 21 heavy (non-hydrogen) atoms. The molecular weight excluding hydrogens is 383 g/mol. The molecule has 0 amide bonds. The van der Waals surface area contributed by atoms with E-state index in [9.17, 15) is 10.1 Å². The molecule has 0 heterocycles. The Labute approximate surface area is 136 Å². The first-order valence-electron chi connectivity index (χ1n) is 6.32. The number of rotatable bonds is 5. The van der Waals surface area contributed by atoms with E-state index < -0.39 is 4.92 Å². The van der Waals surface area contributed by atoms with E-state index in [2.05, 4.69) is 0 Å². The maximum absolute atomic E-state index is 11.1. The molecule has 2 aromatic carbocycles. The Hall–Kier alpha value is -1.67. The first kappa shape index (κ1) is 15.7. The van der Waals surface area contributed by atoms with E-state index in [-0.39, 0.29) is 11.4 Å². The maximum atomic E-state index is 11.1. The number of para-hydroxylation sites is 1. The van der Waals surface area contributed by atoms with Crippen molar-refractivity contribution in [1.82, 2.24) is 4.90 Å². The number of benzene rings is 2. The van der Waals surface area contributed by atoms with Gasteiger partial charge in [0.1, 0.15) is 5.75 Å². The molecule has 0 unspecified atom stereocenters. The molecule has 5 nitrogen and oxygen atoms in total. The maximum Gasteiger partial charge on any atom is 0.312 e. The summed E-state index contributed by atoms with van der Waals surface area (Å²) in [4.78, 5) is 12.7. The largest absolute Gasteiger partial charge is 0.450 e. The summed E-state index contributed by atoms with van der Waals surface area (Å²) >= 11 is 2.04. The second kappa shape index (κ2) is 6.86. The molecule has 2 aromatic rings. The monoisotopic (exact) mass is 398 g/mol. The smallest absolute Gasteiger partial charge is 0.312 e. The number of ether oxygens (including phenoxy) is 1. The van der Waals surface area contributed by atoms with Crippen LogP contribution >= 0.6 is 22.6 Å². The van der Waals surface area contributed by atoms with Gasteiger partial charge in [0.05, 0.1) is 4.92 Å². The average Bonchev–Trinajstić information content (AvgIpc) is 2.42. The van der Waals surface area contributed by atoms with Gasteiger partial charge in [-0.3, -0.25) is 10.1 Å². The SMILES string of the molecule is CN(C)Cc1ccccc1Oc1ccc(I)cc1[N+](=O)[O-]. The van der Waals surface area contributed by atoms with Crippen molar-refractivity contribution < 1.29 is 9.66 Å². The van der Waals surface area contributed by atoms with Gasteiger partial charge >= 0.3 is 5.69 Å². The van der Waals surface area contributed by atoms with E-state index in [1.165, 1.54) is 6.07 Å². The second-order valence-electron chi connectivity index (χ2n) is 4.82. The van der Waals surface area contributed by atoms with Gasteiger partial charge in [0.15, 0.2) is 0 Å². The number of nitro groups is 1. The van der Waals surface area contributed by atoms with Crippen LogP contribution in [0.1, 0.15) is 5.56 Å². The molecule has 0 aliphatic heterocycles. The van der Waals surface area contributed by atoms with E-state index in [0.717, 1.165) is 9.13 Å². The molecule has 0 bridgehead atoms. The minimum Gasteiger partial charge on any atom is -0.450 e. The van der Waals surface area contributed by atoms with Gasteiger partial charge in [-0.1, -0.05) is 18.2 Å². The molecule has 0 radical (unpaired) electrons. The molecule has 0 N–H and O–H groups in total. The van der Waals surface area contributed by atoms with Gasteiger partial charge < -0.3 is 9.64 Å². The molecule has 0 atom stereocenters. The molecule has 0 aliphatic rings. The van der Waals surface area contributed by atoms with Gasteiger partial charge in [-0.15, -0.1) is 0 Å². The van der Waals surface area contributed by atoms with Crippen molar-refractivity contribution in [2.75, 3.05) is 14.1 Å². The lowest BCUT2D eigenvalue weighted by molar-refractivity contribution is -0.385. The lowest BCUT2D eigenvalue weighted by Crippen LogP contribution is -2.11. The van der Waals surface area contributed by atoms with Crippen LogP contribution in [0.5, 0.6) is 11.5 Å². The summed E-state index contributed by atoms with van der Waals surface area (Å²) in [5, 5.41) is 11.1. The first-order valence-corrected chi connectivity index (χ1v) is 7.39. The Morgan fingerprint density at radius 3 is 2.57 bits per heavy atom. The quantitative estimate of drug-likeness (QED) is 0.433. The topological polar surface area (TPSA) is 55.6 Å². The van der Waals surface area contributed by atoms with Crippen LogP contribution in [0, 0.1) is 13.7 Å². The molecule has 0 spiro atoms. The van der Waals surface area contributed by atoms with Crippen molar-refractivity contribution >= 4 is 28.3 Å². The van der Waals surface area contributed by atoms with Crippen LogP contribution in [0.4, 0.5) is 5.69 Å². The van der Waals surface area contributed by atoms with Crippen LogP contribution in [0.25, 0.3) is 0 Å². The van der Waals surface area contributed by atoms with Crippen molar-refractivity contribution in [1.29, 1.82) is 0 Å². The normalized spacial score (nSPS) is 10.7. The minimum absolute atomic E-state index is 0.0263. The summed E-state index contributed by atoms with van der Waals surface area (Å²) in [6, 6.07) is 12.5. The van der Waals surface area contributed by atoms with Crippen molar-refractivity contribution in [3.8, 4) is 11.5 Å². The van der Waals surface area contributed by atoms with E-state index >= 15 is 0 Å². The third-order valence-corrected chi connectivity index (χ3v) is 3.47. The predicted molar refractivity (Wildman–Crippen MR) is 89.7 cm³/mol. The zero-order valence-electron chi connectivity index (χ0n) is 11.7. The molecule has 110 valence electrons. The van der Waals surface area contributed by atoms with Crippen LogP contribution in [0.2, 0.25) is 0 Å². The van der Waals surface area contributed by atoms with Crippen LogP contribution < -0.4 is 4.74 Å². The van der Waals surface area contributed by atoms with Gasteiger partial charge in [-0.2, -0.15) is 0 Å². The van der Waals surface area contributed by atoms with E-state index in [1.54, 1.807) is 12.1 Å². The second-order valence-corrected chi connectivity index (χ2v) is 6.06. The van der Waals surface area contributed by atoms with Crippen molar-refractivity contribution in [3.05, 3.63) is 61.7 Å². The van der Waals surface area contributed by atoms with Crippen LogP contribution in [-0.2, 0) is 6.54 Å². The summed E-state index contributed by atoms with van der Waals surface area (Å²) in [6.45, 7) is 0.703. The molecule has 0 aliphatic carbocycles. The van der Waals surface area contributed by atoms with Gasteiger partial charge in [0.2, 0.25) is 5.75 Å². The summed E-state index contributed by atoms with van der Waals surface area (Å²) in [5.41, 5.74) is 0.955. The number of nitro benzene ring substituents is 1.